The number of rotatable bonds is 5. The van der Waals surface area contributed by atoms with Gasteiger partial charge in [-0.3, -0.25) is 25.2 Å². The van der Waals surface area contributed by atoms with Gasteiger partial charge in [0.05, 0.1) is 5.92 Å². The Labute approximate surface area is 142 Å². The molecule has 2 rings (SSSR count). The quantitative estimate of drug-likeness (QED) is 0.808. The molecule has 1 fully saturated rings. The van der Waals surface area contributed by atoms with E-state index in [-0.39, 0.29) is 30.1 Å². The summed E-state index contributed by atoms with van der Waals surface area (Å²) in [4.78, 5) is 37.5. The van der Waals surface area contributed by atoms with Gasteiger partial charge in [-0.1, -0.05) is 39.3 Å². The van der Waals surface area contributed by atoms with Gasteiger partial charge in [0.15, 0.2) is 0 Å². The van der Waals surface area contributed by atoms with Gasteiger partial charge < -0.3 is 4.90 Å². The highest BCUT2D eigenvalue weighted by atomic mass is 16.2. The number of anilines is 1. The smallest absolute Gasteiger partial charge is 0.243 e. The molecule has 6 nitrogen and oxygen atoms in total. The van der Waals surface area contributed by atoms with Crippen LogP contribution >= 0.6 is 0 Å². The highest BCUT2D eigenvalue weighted by Gasteiger charge is 2.35. The van der Waals surface area contributed by atoms with Crippen LogP contribution in [0.15, 0.2) is 24.3 Å². The van der Waals surface area contributed by atoms with E-state index in [4.69, 9.17) is 0 Å². The number of hydrogen-bond acceptors (Lipinski definition) is 3. The third kappa shape index (κ3) is 4.34. The third-order valence-electron chi connectivity index (χ3n) is 4.12. The maximum absolute atomic E-state index is 12.2. The topological polar surface area (TPSA) is 78.5 Å². The molecule has 1 saturated heterocycles. The number of hydrogen-bond donors (Lipinski definition) is 2. The van der Waals surface area contributed by atoms with E-state index in [1.165, 1.54) is 5.56 Å². The number of carbonyl (C=O) groups is 3. The van der Waals surface area contributed by atoms with Gasteiger partial charge in [0, 0.05) is 24.6 Å². The molecule has 6 heteroatoms. The number of nitrogens with one attached hydrogen (secondary N) is 2. The lowest BCUT2D eigenvalue weighted by molar-refractivity contribution is -0.132. The fourth-order valence-electron chi connectivity index (χ4n) is 2.63. The number of amides is 3. The second-order valence-electron chi connectivity index (χ2n) is 6.46. The fraction of sp³-hybridized carbons (Fsp3) is 0.500. The average Bonchev–Trinajstić information content (AvgIpc) is 2.95. The summed E-state index contributed by atoms with van der Waals surface area (Å²) >= 11 is 0. The molecule has 2 N–H and O–H groups in total. The van der Waals surface area contributed by atoms with Gasteiger partial charge in [-0.2, -0.15) is 0 Å². The Morgan fingerprint density at radius 3 is 2.46 bits per heavy atom. The molecule has 0 aromatic heterocycles. The van der Waals surface area contributed by atoms with Gasteiger partial charge in [-0.25, -0.2) is 0 Å². The summed E-state index contributed by atoms with van der Waals surface area (Å²) in [6.07, 6.45) is 2.24. The molecule has 0 aliphatic carbocycles. The first kappa shape index (κ1) is 18.0. The van der Waals surface area contributed by atoms with Crippen molar-refractivity contribution in [1.82, 2.24) is 10.9 Å². The zero-order chi connectivity index (χ0) is 17.7. The third-order valence-corrected chi connectivity index (χ3v) is 4.12. The largest absolute Gasteiger partial charge is 0.312 e. The van der Waals surface area contributed by atoms with Gasteiger partial charge in [-0.15, -0.1) is 0 Å². The molecule has 0 radical (unpaired) electrons. The van der Waals surface area contributed by atoms with Crippen LogP contribution in [-0.2, 0) is 20.8 Å². The van der Waals surface area contributed by atoms with Crippen LogP contribution in [0.1, 0.15) is 39.2 Å². The maximum Gasteiger partial charge on any atom is 0.243 e. The van der Waals surface area contributed by atoms with Crippen LogP contribution in [0.2, 0.25) is 0 Å². The van der Waals surface area contributed by atoms with E-state index in [2.05, 4.69) is 17.8 Å². The van der Waals surface area contributed by atoms with Crippen molar-refractivity contribution in [2.24, 2.45) is 11.8 Å². The molecular formula is C18H25N3O3. The zero-order valence-electron chi connectivity index (χ0n) is 14.5. The normalized spacial score (nSPS) is 17.2. The summed E-state index contributed by atoms with van der Waals surface area (Å²) in [6, 6.07) is 7.87. The van der Waals surface area contributed by atoms with Gasteiger partial charge >= 0.3 is 0 Å². The van der Waals surface area contributed by atoms with Crippen LogP contribution in [0.3, 0.4) is 0 Å². The summed E-state index contributed by atoms with van der Waals surface area (Å²) in [5.74, 6) is -1.33. The van der Waals surface area contributed by atoms with E-state index in [1.54, 1.807) is 18.7 Å². The molecule has 0 bridgehead atoms. The lowest BCUT2D eigenvalue weighted by Gasteiger charge is -2.17. The molecular weight excluding hydrogens is 306 g/mol. The monoisotopic (exact) mass is 331 g/mol. The highest BCUT2D eigenvalue weighted by molar-refractivity contribution is 6.00. The van der Waals surface area contributed by atoms with Crippen molar-refractivity contribution in [1.29, 1.82) is 0 Å². The fourth-order valence-corrected chi connectivity index (χ4v) is 2.63. The van der Waals surface area contributed by atoms with Crippen molar-refractivity contribution >= 4 is 23.4 Å². The molecule has 24 heavy (non-hydrogen) atoms. The SMILES string of the molecule is CCCc1ccc(N2C[C@H](C(=O)NNC(=O)C(C)C)CC2=O)cc1. The summed E-state index contributed by atoms with van der Waals surface area (Å²) in [5, 5.41) is 0. The van der Waals surface area contributed by atoms with Crippen LogP contribution in [-0.4, -0.2) is 24.3 Å². The van der Waals surface area contributed by atoms with E-state index >= 15 is 0 Å². The molecule has 1 aliphatic rings. The second-order valence-corrected chi connectivity index (χ2v) is 6.46. The van der Waals surface area contributed by atoms with E-state index in [0.29, 0.717) is 6.54 Å². The minimum Gasteiger partial charge on any atom is -0.312 e. The predicted molar refractivity (Wildman–Crippen MR) is 92.0 cm³/mol. The van der Waals surface area contributed by atoms with Crippen molar-refractivity contribution in [3.63, 3.8) is 0 Å². The summed E-state index contributed by atoms with van der Waals surface area (Å²) in [6.45, 7) is 5.93. The van der Waals surface area contributed by atoms with Crippen molar-refractivity contribution in [2.45, 2.75) is 40.0 Å². The Kier molecular flexibility index (Phi) is 5.95. The predicted octanol–water partition coefficient (Wildman–Crippen LogP) is 1.80. The van der Waals surface area contributed by atoms with Gasteiger partial charge in [0.2, 0.25) is 17.7 Å². The Morgan fingerprint density at radius 1 is 1.21 bits per heavy atom. The van der Waals surface area contributed by atoms with Crippen LogP contribution in [0.4, 0.5) is 5.69 Å². The molecule has 1 aromatic carbocycles. The molecule has 1 aliphatic heterocycles. The number of carbonyl (C=O) groups excluding carboxylic acids is 3. The first-order chi connectivity index (χ1) is 11.4. The first-order valence-electron chi connectivity index (χ1n) is 8.41. The van der Waals surface area contributed by atoms with E-state index < -0.39 is 5.92 Å². The summed E-state index contributed by atoms with van der Waals surface area (Å²) in [7, 11) is 0. The average molecular weight is 331 g/mol. The van der Waals surface area contributed by atoms with Crippen molar-refractivity contribution < 1.29 is 14.4 Å². The Morgan fingerprint density at radius 2 is 1.88 bits per heavy atom. The first-order valence-corrected chi connectivity index (χ1v) is 8.41. The van der Waals surface area contributed by atoms with Gasteiger partial charge in [0.1, 0.15) is 0 Å². The Balaban J connectivity index is 1.95. The Hall–Kier alpha value is -2.37. The van der Waals surface area contributed by atoms with E-state index in [0.717, 1.165) is 18.5 Å². The van der Waals surface area contributed by atoms with Crippen molar-refractivity contribution in [3.05, 3.63) is 29.8 Å². The van der Waals surface area contributed by atoms with Gasteiger partial charge in [0.25, 0.3) is 0 Å². The second kappa shape index (κ2) is 7.95. The highest BCUT2D eigenvalue weighted by Crippen LogP contribution is 2.25. The number of hydrazine groups is 1. The van der Waals surface area contributed by atoms with E-state index in [1.807, 2.05) is 24.3 Å². The number of benzene rings is 1. The van der Waals surface area contributed by atoms with Crippen LogP contribution in [0.25, 0.3) is 0 Å². The molecule has 1 atom stereocenters. The lowest BCUT2D eigenvalue weighted by Crippen LogP contribution is -2.46. The minimum atomic E-state index is -0.458. The lowest BCUT2D eigenvalue weighted by atomic mass is 10.1. The van der Waals surface area contributed by atoms with Crippen molar-refractivity contribution in [3.8, 4) is 0 Å². The molecule has 0 unspecified atom stereocenters. The Bertz CT molecular complexity index is 610. The molecule has 1 aromatic rings. The summed E-state index contributed by atoms with van der Waals surface area (Å²) < 4.78 is 0. The zero-order valence-corrected chi connectivity index (χ0v) is 14.5. The van der Waals surface area contributed by atoms with Crippen LogP contribution < -0.4 is 15.8 Å². The van der Waals surface area contributed by atoms with Crippen LogP contribution in [0, 0.1) is 11.8 Å². The van der Waals surface area contributed by atoms with Gasteiger partial charge in [-0.05, 0) is 24.1 Å². The molecule has 0 spiro atoms. The van der Waals surface area contributed by atoms with Crippen LogP contribution in [0.5, 0.6) is 0 Å². The molecule has 130 valence electrons. The summed E-state index contributed by atoms with van der Waals surface area (Å²) in [5.41, 5.74) is 6.83. The maximum atomic E-state index is 12.2. The minimum absolute atomic E-state index is 0.0754. The van der Waals surface area contributed by atoms with E-state index in [9.17, 15) is 14.4 Å². The standard InChI is InChI=1S/C18H25N3O3/c1-4-5-13-6-8-15(9-7-13)21-11-14(10-16(21)22)18(24)20-19-17(23)12(2)3/h6-9,12,14H,4-5,10-11H2,1-3H3,(H,19,23)(H,20,24)/t14-/m1/s1. The molecule has 3 amide bonds. The van der Waals surface area contributed by atoms with Crippen molar-refractivity contribution in [2.75, 3.05) is 11.4 Å². The molecule has 1 heterocycles. The number of nitrogens with zero attached hydrogens (tertiary/aromatic N) is 1. The number of aryl methyl sites for hydroxylation is 1. The molecule has 0 saturated carbocycles.